The lowest BCUT2D eigenvalue weighted by molar-refractivity contribution is -0.113. The summed E-state index contributed by atoms with van der Waals surface area (Å²) in [6.07, 6.45) is 1.76. The molecule has 0 bridgehead atoms. The number of aromatic nitrogens is 3. The topological polar surface area (TPSA) is 82.2 Å². The summed E-state index contributed by atoms with van der Waals surface area (Å²) in [6.45, 7) is 8.31. The molecule has 2 aromatic carbocycles. The Morgan fingerprint density at radius 3 is 2.85 bits per heavy atom. The zero-order chi connectivity index (χ0) is 23.5. The van der Waals surface area contributed by atoms with Crippen LogP contribution in [0, 0.1) is 13.8 Å². The number of nitrogens with one attached hydrogen (secondary N) is 1. The molecular weight excluding hydrogens is 504 g/mol. The Kier molecular flexibility index (Phi) is 6.90. The number of allylic oxidation sites excluding steroid dienone is 1. The molecule has 0 fully saturated rings. The number of methoxy groups -OCH3 is 1. The third kappa shape index (κ3) is 4.69. The maximum absolute atomic E-state index is 12.6. The maximum Gasteiger partial charge on any atom is 0.234 e. The van der Waals surface area contributed by atoms with Crippen molar-refractivity contribution in [2.75, 3.05) is 18.2 Å². The lowest BCUT2D eigenvalue weighted by atomic mass is 10.1. The molecule has 0 spiro atoms. The molecule has 0 saturated carbocycles. The van der Waals surface area contributed by atoms with E-state index in [2.05, 4.69) is 38.0 Å². The number of amides is 1. The number of hydrogen-bond acceptors (Lipinski definition) is 6. The van der Waals surface area contributed by atoms with E-state index in [4.69, 9.17) is 9.15 Å². The van der Waals surface area contributed by atoms with E-state index in [1.165, 1.54) is 11.8 Å². The molecule has 2 heterocycles. The fourth-order valence-electron chi connectivity index (χ4n) is 3.42. The Morgan fingerprint density at radius 2 is 2.09 bits per heavy atom. The quantitative estimate of drug-likeness (QED) is 0.224. The summed E-state index contributed by atoms with van der Waals surface area (Å²) < 4.78 is 14.3. The Hall–Kier alpha value is -3.04. The lowest BCUT2D eigenvalue weighted by Gasteiger charge is -2.12. The predicted octanol–water partition coefficient (Wildman–Crippen LogP) is 6.00. The third-order valence-electron chi connectivity index (χ3n) is 5.30. The molecule has 0 aliphatic heterocycles. The number of thioether (sulfide) groups is 1. The average Bonchev–Trinajstić information content (AvgIpc) is 3.42. The minimum absolute atomic E-state index is 0.118. The number of nitrogens with zero attached hydrogens (tertiary/aromatic N) is 3. The maximum atomic E-state index is 12.6. The highest BCUT2D eigenvalue weighted by Gasteiger charge is 2.19. The van der Waals surface area contributed by atoms with Gasteiger partial charge in [0.1, 0.15) is 0 Å². The van der Waals surface area contributed by atoms with E-state index in [1.54, 1.807) is 13.2 Å². The highest BCUT2D eigenvalue weighted by atomic mass is 79.9. The number of carbonyl (C=O) groups is 1. The normalized spacial score (nSPS) is 11.0. The molecule has 170 valence electrons. The van der Waals surface area contributed by atoms with E-state index in [1.807, 2.05) is 54.8 Å². The first-order valence-electron chi connectivity index (χ1n) is 10.2. The van der Waals surface area contributed by atoms with Crippen LogP contribution in [0.4, 0.5) is 5.69 Å². The van der Waals surface area contributed by atoms with E-state index < -0.39 is 0 Å². The molecule has 1 amide bonds. The van der Waals surface area contributed by atoms with Crippen LogP contribution in [-0.2, 0) is 11.3 Å². The predicted molar refractivity (Wildman–Crippen MR) is 135 cm³/mol. The molecule has 0 aliphatic rings. The van der Waals surface area contributed by atoms with Crippen molar-refractivity contribution >= 4 is 50.3 Å². The minimum atomic E-state index is -0.118. The van der Waals surface area contributed by atoms with E-state index in [-0.39, 0.29) is 11.7 Å². The van der Waals surface area contributed by atoms with Crippen LogP contribution in [0.1, 0.15) is 11.1 Å². The number of carbonyl (C=O) groups excluding carboxylic acids is 1. The Bertz CT molecular complexity index is 1350. The van der Waals surface area contributed by atoms with Crippen molar-refractivity contribution in [3.8, 4) is 17.3 Å². The second-order valence-electron chi connectivity index (χ2n) is 7.38. The summed E-state index contributed by atoms with van der Waals surface area (Å²) in [7, 11) is 1.61. The van der Waals surface area contributed by atoms with Crippen molar-refractivity contribution in [3.05, 3.63) is 64.7 Å². The molecule has 0 saturated heterocycles. The summed E-state index contributed by atoms with van der Waals surface area (Å²) in [6, 6.07) is 11.4. The molecule has 33 heavy (non-hydrogen) atoms. The molecule has 4 aromatic rings. The number of furan rings is 1. The largest absolute Gasteiger partial charge is 0.493 e. The van der Waals surface area contributed by atoms with Gasteiger partial charge in [-0.3, -0.25) is 9.36 Å². The van der Waals surface area contributed by atoms with Gasteiger partial charge in [-0.05, 0) is 49.2 Å². The van der Waals surface area contributed by atoms with Gasteiger partial charge in [0.25, 0.3) is 0 Å². The zero-order valence-electron chi connectivity index (χ0n) is 18.5. The number of anilines is 1. The van der Waals surface area contributed by atoms with Gasteiger partial charge in [0.2, 0.25) is 11.7 Å². The molecule has 0 unspecified atom stereocenters. The monoisotopic (exact) mass is 526 g/mol. The van der Waals surface area contributed by atoms with Crippen LogP contribution in [0.3, 0.4) is 0 Å². The Morgan fingerprint density at radius 1 is 1.27 bits per heavy atom. The molecular formula is C24H23BrN4O3S. The standard InChI is InChI=1S/C24H23BrN4O3S/c1-5-11-29-23(20-12-16-7-6-8-19(31-4)22(16)32-20)27-28-24(29)33-13-21(30)26-18-10-9-17(25)14(2)15(18)3/h5-10,12H,1,11,13H2,2-4H3,(H,26,30). The average molecular weight is 527 g/mol. The van der Waals surface area contributed by atoms with Crippen molar-refractivity contribution in [2.45, 2.75) is 25.5 Å². The summed E-state index contributed by atoms with van der Waals surface area (Å²) in [5.74, 6) is 1.86. The van der Waals surface area contributed by atoms with Crippen molar-refractivity contribution < 1.29 is 13.9 Å². The van der Waals surface area contributed by atoms with Crippen LogP contribution in [0.15, 0.2) is 63.1 Å². The van der Waals surface area contributed by atoms with Crippen LogP contribution in [0.25, 0.3) is 22.6 Å². The first kappa shape index (κ1) is 23.1. The van der Waals surface area contributed by atoms with Crippen LogP contribution in [0.2, 0.25) is 0 Å². The molecule has 1 N–H and O–H groups in total. The van der Waals surface area contributed by atoms with Gasteiger partial charge < -0.3 is 14.5 Å². The molecule has 0 aliphatic carbocycles. The summed E-state index contributed by atoms with van der Waals surface area (Å²) in [5, 5.41) is 13.1. The van der Waals surface area contributed by atoms with Crippen molar-refractivity contribution in [2.24, 2.45) is 0 Å². The fraction of sp³-hybridized carbons (Fsp3) is 0.208. The van der Waals surface area contributed by atoms with Gasteiger partial charge in [0, 0.05) is 22.1 Å². The molecule has 9 heteroatoms. The third-order valence-corrected chi connectivity index (χ3v) is 7.13. The molecule has 4 rings (SSSR count). The van der Waals surface area contributed by atoms with E-state index >= 15 is 0 Å². The minimum Gasteiger partial charge on any atom is -0.493 e. The summed E-state index contributed by atoms with van der Waals surface area (Å²) >= 11 is 4.83. The number of hydrogen-bond donors (Lipinski definition) is 1. The molecule has 2 aromatic heterocycles. The van der Waals surface area contributed by atoms with Crippen molar-refractivity contribution in [3.63, 3.8) is 0 Å². The van der Waals surface area contributed by atoms with Crippen molar-refractivity contribution in [1.82, 2.24) is 14.8 Å². The Balaban J connectivity index is 1.54. The van der Waals surface area contributed by atoms with Gasteiger partial charge in [-0.2, -0.15) is 0 Å². The second kappa shape index (κ2) is 9.84. The SMILES string of the molecule is C=CCn1c(SCC(=O)Nc2ccc(Br)c(C)c2C)nnc1-c1cc2cccc(OC)c2o1. The van der Waals surface area contributed by atoms with Gasteiger partial charge in [0.15, 0.2) is 22.2 Å². The Labute approximate surface area is 204 Å². The van der Waals surface area contributed by atoms with Crippen LogP contribution < -0.4 is 10.1 Å². The van der Waals surface area contributed by atoms with Gasteiger partial charge in [-0.1, -0.05) is 45.9 Å². The van der Waals surface area contributed by atoms with Gasteiger partial charge in [-0.25, -0.2) is 0 Å². The van der Waals surface area contributed by atoms with Crippen LogP contribution >= 0.6 is 27.7 Å². The molecule has 7 nitrogen and oxygen atoms in total. The van der Waals surface area contributed by atoms with Crippen LogP contribution in [-0.4, -0.2) is 33.5 Å². The lowest BCUT2D eigenvalue weighted by Crippen LogP contribution is -2.15. The highest BCUT2D eigenvalue weighted by molar-refractivity contribution is 9.10. The fourth-order valence-corrected chi connectivity index (χ4v) is 4.60. The molecule has 0 radical (unpaired) electrons. The molecule has 0 atom stereocenters. The van der Waals surface area contributed by atoms with Crippen molar-refractivity contribution in [1.29, 1.82) is 0 Å². The zero-order valence-corrected chi connectivity index (χ0v) is 20.9. The number of para-hydroxylation sites is 1. The van der Waals surface area contributed by atoms with Gasteiger partial charge in [-0.15, -0.1) is 16.8 Å². The number of halogens is 1. The number of rotatable bonds is 8. The first-order chi connectivity index (χ1) is 15.9. The smallest absolute Gasteiger partial charge is 0.234 e. The highest BCUT2D eigenvalue weighted by Crippen LogP contribution is 2.34. The first-order valence-corrected chi connectivity index (χ1v) is 12.0. The van der Waals surface area contributed by atoms with E-state index in [0.717, 1.165) is 26.7 Å². The number of benzene rings is 2. The summed E-state index contributed by atoms with van der Waals surface area (Å²) in [5.41, 5.74) is 3.57. The van der Waals surface area contributed by atoms with Gasteiger partial charge in [0.05, 0.1) is 12.9 Å². The number of ether oxygens (including phenoxy) is 1. The van der Waals surface area contributed by atoms with E-state index in [0.29, 0.717) is 34.6 Å². The van der Waals surface area contributed by atoms with Crippen LogP contribution in [0.5, 0.6) is 5.75 Å². The summed E-state index contributed by atoms with van der Waals surface area (Å²) in [4.78, 5) is 12.6. The second-order valence-corrected chi connectivity index (χ2v) is 9.17. The number of fused-ring (bicyclic) bond motifs is 1. The van der Waals surface area contributed by atoms with E-state index in [9.17, 15) is 4.79 Å². The van der Waals surface area contributed by atoms with Gasteiger partial charge >= 0.3 is 0 Å².